The van der Waals surface area contributed by atoms with E-state index in [0.717, 1.165) is 76.2 Å². The number of nitrogens with zero attached hydrogens (tertiary/aromatic N) is 9. The van der Waals surface area contributed by atoms with Gasteiger partial charge in [0.05, 0.1) is 29.0 Å². The first-order chi connectivity index (χ1) is 23.0. The Morgan fingerprint density at radius 1 is 1.00 bits per heavy atom. The van der Waals surface area contributed by atoms with Crippen molar-refractivity contribution < 1.29 is 13.2 Å². The fourth-order valence-electron chi connectivity index (χ4n) is 6.31. The monoisotopic (exact) mass is 739 g/mol. The van der Waals surface area contributed by atoms with Crippen LogP contribution in [0.2, 0.25) is 0 Å². The van der Waals surface area contributed by atoms with E-state index in [1.807, 2.05) is 0 Å². The van der Waals surface area contributed by atoms with Crippen LogP contribution in [-0.4, -0.2) is 116 Å². The minimum atomic E-state index is -3.62. The third-order valence-corrected chi connectivity index (χ3v) is 10.9. The third-order valence-electron chi connectivity index (χ3n) is 9.11. The van der Waals surface area contributed by atoms with Gasteiger partial charge in [-0.15, -0.1) is 0 Å². The first kappa shape index (κ1) is 34.0. The van der Waals surface area contributed by atoms with Gasteiger partial charge in [0.25, 0.3) is 0 Å². The first-order valence-electron chi connectivity index (χ1n) is 16.0. The van der Waals surface area contributed by atoms with Gasteiger partial charge in [-0.25, -0.2) is 13.4 Å². The number of anilines is 6. The minimum Gasteiger partial charge on any atom is -0.479 e. The Bertz CT molecular complexity index is 1880. The van der Waals surface area contributed by atoms with Gasteiger partial charge in [0, 0.05) is 70.9 Å². The van der Waals surface area contributed by atoms with E-state index in [4.69, 9.17) is 14.7 Å². The number of ether oxygens (including phenoxy) is 1. The van der Waals surface area contributed by atoms with Crippen LogP contribution >= 0.6 is 15.9 Å². The highest BCUT2D eigenvalue weighted by atomic mass is 79.9. The Hall–Kier alpha value is -3.86. The zero-order valence-electron chi connectivity index (χ0n) is 27.9. The third kappa shape index (κ3) is 7.26. The largest absolute Gasteiger partial charge is 0.479 e. The summed E-state index contributed by atoms with van der Waals surface area (Å²) in [7, 11) is 1.67. The summed E-state index contributed by atoms with van der Waals surface area (Å²) in [5, 5.41) is 6.57. The van der Waals surface area contributed by atoms with Gasteiger partial charge in [0.1, 0.15) is 28.5 Å². The number of rotatable bonds is 10. The Balaban J connectivity index is 1.24. The second kappa shape index (κ2) is 14.3. The molecule has 6 rings (SSSR count). The summed E-state index contributed by atoms with van der Waals surface area (Å²) < 4.78 is 32.8. The van der Waals surface area contributed by atoms with Crippen LogP contribution in [0.25, 0.3) is 11.0 Å². The van der Waals surface area contributed by atoms with Crippen LogP contribution in [0.3, 0.4) is 0 Å². The van der Waals surface area contributed by atoms with Crippen LogP contribution in [0.5, 0.6) is 5.88 Å². The lowest BCUT2D eigenvalue weighted by molar-refractivity contribution is 0.0981. The molecule has 5 heterocycles. The quantitative estimate of drug-likeness (QED) is 0.239. The molecule has 256 valence electrons. The summed E-state index contributed by atoms with van der Waals surface area (Å²) in [6.45, 7) is 8.58. The maximum absolute atomic E-state index is 12.6. The number of halogens is 1. The lowest BCUT2D eigenvalue weighted by atomic mass is 10.0. The summed E-state index contributed by atoms with van der Waals surface area (Å²) in [5.41, 5.74) is 3.59. The lowest BCUT2D eigenvalue weighted by Crippen LogP contribution is -2.52. The molecule has 0 radical (unpaired) electrons. The molecule has 2 aliphatic rings. The highest BCUT2D eigenvalue weighted by Gasteiger charge is 2.29. The van der Waals surface area contributed by atoms with E-state index in [1.165, 1.54) is 17.5 Å². The molecule has 0 unspecified atom stereocenters. The van der Waals surface area contributed by atoms with Crippen molar-refractivity contribution in [1.29, 1.82) is 0 Å². The average molecular weight is 741 g/mol. The van der Waals surface area contributed by atoms with Gasteiger partial charge in [-0.1, -0.05) is 6.92 Å². The van der Waals surface area contributed by atoms with Gasteiger partial charge >= 0.3 is 0 Å². The van der Waals surface area contributed by atoms with E-state index in [2.05, 4.69) is 76.3 Å². The number of hydrogen-bond donors (Lipinski definition) is 2. The molecule has 0 saturated carbocycles. The highest BCUT2D eigenvalue weighted by Crippen LogP contribution is 2.38. The standard InChI is InChI=1S/C32H42BrN11O3S/c1-6-21-19-26(31(47-4)40-30(21)44-13-9-22(10-14-44)43-17-15-41(2)16-18-43)38-32-36-20-23(33)29(39-32)37-25-8-7-24-27(35-12-11-34-24)28(25)42(3)48(5,45)46/h7-8,11-12,19-20,22H,6,9-10,13-18H2,1-5H3,(H2,36,37,38,39). The van der Waals surface area contributed by atoms with Crippen molar-refractivity contribution in [2.24, 2.45) is 0 Å². The number of sulfonamides is 1. The molecule has 2 N–H and O–H groups in total. The number of benzene rings is 1. The number of pyridine rings is 1. The summed E-state index contributed by atoms with van der Waals surface area (Å²) in [4.78, 5) is 30.4. The number of likely N-dealkylation sites (N-methyl/N-ethyl adjacent to an activating group) is 1. The Morgan fingerprint density at radius 2 is 1.73 bits per heavy atom. The molecule has 0 atom stereocenters. The highest BCUT2D eigenvalue weighted by molar-refractivity contribution is 9.10. The molecular weight excluding hydrogens is 698 g/mol. The van der Waals surface area contributed by atoms with Gasteiger partial charge in [0.15, 0.2) is 0 Å². The molecule has 0 amide bonds. The van der Waals surface area contributed by atoms with E-state index >= 15 is 0 Å². The van der Waals surface area contributed by atoms with Crippen molar-refractivity contribution >= 4 is 71.6 Å². The van der Waals surface area contributed by atoms with Crippen LogP contribution in [0.15, 0.2) is 41.3 Å². The molecular formula is C32H42BrN11O3S. The topological polar surface area (TPSA) is 145 Å². The normalized spacial score (nSPS) is 16.7. The molecule has 3 aromatic heterocycles. The molecule has 1 aromatic carbocycles. The van der Waals surface area contributed by atoms with Gasteiger partial charge < -0.3 is 25.2 Å². The van der Waals surface area contributed by atoms with Gasteiger partial charge in [-0.2, -0.15) is 9.97 Å². The van der Waals surface area contributed by atoms with E-state index in [0.29, 0.717) is 56.3 Å². The smallest absolute Gasteiger partial charge is 0.239 e. The Morgan fingerprint density at radius 3 is 2.42 bits per heavy atom. The fraction of sp³-hybridized carbons (Fsp3) is 0.469. The molecule has 0 spiro atoms. The minimum absolute atomic E-state index is 0.308. The van der Waals surface area contributed by atoms with Gasteiger partial charge in [-0.3, -0.25) is 19.2 Å². The zero-order valence-corrected chi connectivity index (χ0v) is 30.3. The number of methoxy groups -OCH3 is 1. The number of aryl methyl sites for hydroxylation is 1. The number of aromatic nitrogens is 5. The number of fused-ring (bicyclic) bond motifs is 1. The summed E-state index contributed by atoms with van der Waals surface area (Å²) in [6.07, 6.45) is 8.89. The van der Waals surface area contributed by atoms with E-state index in [1.54, 1.807) is 31.6 Å². The number of hydrogen-bond acceptors (Lipinski definition) is 13. The summed E-state index contributed by atoms with van der Waals surface area (Å²) in [5.74, 6) is 2.14. The van der Waals surface area contributed by atoms with Crippen molar-refractivity contribution in [3.05, 3.63) is 46.8 Å². The molecule has 2 aliphatic heterocycles. The summed E-state index contributed by atoms with van der Waals surface area (Å²) in [6, 6.07) is 6.21. The maximum atomic E-state index is 12.6. The molecule has 0 bridgehead atoms. The van der Waals surface area contributed by atoms with Crippen LogP contribution in [0.1, 0.15) is 25.3 Å². The van der Waals surface area contributed by atoms with Gasteiger partial charge in [0.2, 0.25) is 21.9 Å². The fourth-order valence-corrected chi connectivity index (χ4v) is 7.11. The molecule has 4 aromatic rings. The lowest BCUT2D eigenvalue weighted by Gasteiger charge is -2.42. The number of piperazine rings is 1. The van der Waals surface area contributed by atoms with Crippen molar-refractivity contribution in [2.45, 2.75) is 32.2 Å². The molecule has 14 nitrogen and oxygen atoms in total. The second-order valence-electron chi connectivity index (χ2n) is 12.2. The average Bonchev–Trinajstić information content (AvgIpc) is 3.09. The SMILES string of the molecule is CCc1cc(Nc2ncc(Br)c(Nc3ccc4nccnc4c3N(C)S(C)(=O)=O)n2)c(OC)nc1N1CCC(N2CCN(C)CC2)CC1. The van der Waals surface area contributed by atoms with Crippen molar-refractivity contribution in [3.8, 4) is 5.88 Å². The zero-order chi connectivity index (χ0) is 34.0. The van der Waals surface area contributed by atoms with E-state index in [9.17, 15) is 8.42 Å². The predicted octanol–water partition coefficient (Wildman–Crippen LogP) is 4.25. The molecule has 16 heteroatoms. The molecule has 2 saturated heterocycles. The van der Waals surface area contributed by atoms with E-state index in [-0.39, 0.29) is 0 Å². The van der Waals surface area contributed by atoms with Crippen molar-refractivity contribution in [1.82, 2.24) is 34.7 Å². The second-order valence-corrected chi connectivity index (χ2v) is 15.1. The predicted molar refractivity (Wildman–Crippen MR) is 194 cm³/mol. The Kier molecular flexibility index (Phi) is 10.1. The number of nitrogens with one attached hydrogen (secondary N) is 2. The van der Waals surface area contributed by atoms with Gasteiger partial charge in [-0.05, 0) is 66.0 Å². The van der Waals surface area contributed by atoms with Crippen molar-refractivity contribution in [2.75, 3.05) is 86.6 Å². The first-order valence-corrected chi connectivity index (χ1v) is 18.7. The van der Waals surface area contributed by atoms with Crippen LogP contribution < -0.4 is 24.6 Å². The van der Waals surface area contributed by atoms with E-state index < -0.39 is 10.0 Å². The molecule has 48 heavy (non-hydrogen) atoms. The van der Waals surface area contributed by atoms with Crippen LogP contribution in [0.4, 0.5) is 34.6 Å². The molecule has 2 fully saturated rings. The van der Waals surface area contributed by atoms with Crippen LogP contribution in [-0.2, 0) is 16.4 Å². The maximum Gasteiger partial charge on any atom is 0.239 e. The van der Waals surface area contributed by atoms with Crippen molar-refractivity contribution in [3.63, 3.8) is 0 Å². The number of piperidine rings is 1. The Labute approximate surface area is 290 Å². The summed E-state index contributed by atoms with van der Waals surface area (Å²) >= 11 is 3.54. The van der Waals surface area contributed by atoms with Crippen LogP contribution in [0, 0.1) is 0 Å². The molecule has 0 aliphatic carbocycles.